The van der Waals surface area contributed by atoms with E-state index in [-0.39, 0.29) is 10.6 Å². The normalized spacial score (nSPS) is 19.9. The van der Waals surface area contributed by atoms with Gasteiger partial charge in [-0.25, -0.2) is 4.98 Å². The Bertz CT molecular complexity index is 691. The van der Waals surface area contributed by atoms with Crippen LogP contribution in [-0.2, 0) is 5.33 Å². The minimum atomic E-state index is -0.370. The van der Waals surface area contributed by atoms with Crippen molar-refractivity contribution in [2.24, 2.45) is 0 Å². The summed E-state index contributed by atoms with van der Waals surface area (Å²) in [6.45, 7) is 0. The van der Waals surface area contributed by atoms with Crippen LogP contribution in [0.5, 0.6) is 0 Å². The van der Waals surface area contributed by atoms with Crippen molar-refractivity contribution in [3.63, 3.8) is 0 Å². The lowest BCUT2D eigenvalue weighted by Gasteiger charge is -2.13. The maximum atomic E-state index is 11.1. The quantitative estimate of drug-likeness (QED) is 0.478. The number of nitrogens with one attached hydrogen (secondary N) is 1. The highest BCUT2D eigenvalue weighted by atomic mass is 79.9. The maximum Gasteiger partial charge on any atom is 0.232 e. The zero-order valence-electron chi connectivity index (χ0n) is 10.2. The van der Waals surface area contributed by atoms with Crippen molar-refractivity contribution in [1.29, 1.82) is 0 Å². The van der Waals surface area contributed by atoms with Crippen molar-refractivity contribution in [2.75, 3.05) is 5.32 Å². The van der Waals surface area contributed by atoms with Gasteiger partial charge in [-0.2, -0.15) is 4.90 Å². The van der Waals surface area contributed by atoms with Crippen molar-refractivity contribution < 1.29 is 4.90 Å². The Morgan fingerprint density at radius 2 is 2.10 bits per heavy atom. The predicted molar refractivity (Wildman–Crippen MR) is 83.7 cm³/mol. The summed E-state index contributed by atoms with van der Waals surface area (Å²) in [6, 6.07) is 1.99. The Kier molecular flexibility index (Phi) is 3.54. The summed E-state index contributed by atoms with van der Waals surface area (Å²) >= 11 is 4.80. The fourth-order valence-electron chi connectivity index (χ4n) is 1.93. The van der Waals surface area contributed by atoms with Gasteiger partial charge < -0.3 is 15.7 Å². The molecular weight excluding hydrogens is 342 g/mol. The minimum Gasteiger partial charge on any atom is -0.612 e. The lowest BCUT2D eigenvalue weighted by atomic mass is 10.1. The van der Waals surface area contributed by atoms with E-state index in [0.29, 0.717) is 5.57 Å². The second kappa shape index (κ2) is 5.34. The molecule has 3 rings (SSSR count). The van der Waals surface area contributed by atoms with Gasteiger partial charge in [-0.05, 0) is 29.5 Å². The van der Waals surface area contributed by atoms with Gasteiger partial charge in [-0.3, -0.25) is 0 Å². The molecule has 1 N–H and O–H groups in total. The number of nitrogens with zero attached hydrogens (tertiary/aromatic N) is 2. The number of rotatable bonds is 1. The topological polar surface area (TPSA) is 74.0 Å². The zero-order valence-corrected chi connectivity index (χ0v) is 12.6. The number of hydrogen-bond donors (Lipinski definition) is 1. The highest BCUT2D eigenvalue weighted by Crippen LogP contribution is 2.42. The van der Waals surface area contributed by atoms with E-state index < -0.39 is 0 Å². The fourth-order valence-corrected chi connectivity index (χ4v) is 3.20. The molecule has 7 heteroatoms. The highest BCUT2D eigenvalue weighted by molar-refractivity contribution is 9.08. The van der Waals surface area contributed by atoms with Gasteiger partial charge >= 0.3 is 0 Å². The molecule has 0 aromatic carbocycles. The molecule has 2 aliphatic rings. The van der Waals surface area contributed by atoms with E-state index in [1.165, 1.54) is 17.8 Å². The standard InChI is InChI=1S/C13H9BrN3O2S/c14-6-8-5-10-13(15-7-8)20-12(16-10)9-3-1-2-4-11(9)17(18)19/h1-5,7,16H,6H2/q-1. The van der Waals surface area contributed by atoms with E-state index in [2.05, 4.69) is 26.2 Å². The number of thioether (sulfide) groups is 1. The monoisotopic (exact) mass is 350 g/mol. The van der Waals surface area contributed by atoms with Crippen LogP contribution in [-0.4, -0.2) is 15.6 Å². The third kappa shape index (κ3) is 2.34. The second-order valence-corrected chi connectivity index (χ2v) is 5.72. The maximum absolute atomic E-state index is 11.1. The third-order valence-electron chi connectivity index (χ3n) is 2.85. The number of allylic oxidation sites excluding steroid dienone is 5. The molecule has 102 valence electrons. The SMILES string of the molecule is [O-][N+]([O-])=C1C=CC=CC1=C1Nc2cc(CBr)cnc2S1. The van der Waals surface area contributed by atoms with Crippen LogP contribution in [0.4, 0.5) is 5.69 Å². The van der Waals surface area contributed by atoms with Crippen LogP contribution in [0.1, 0.15) is 5.56 Å². The Labute approximate surface area is 128 Å². The molecule has 5 nitrogen and oxygen atoms in total. The molecule has 20 heavy (non-hydrogen) atoms. The van der Waals surface area contributed by atoms with Gasteiger partial charge in [0.2, 0.25) is 5.71 Å². The van der Waals surface area contributed by atoms with Crippen LogP contribution in [0.3, 0.4) is 0 Å². The van der Waals surface area contributed by atoms with E-state index in [1.54, 1.807) is 24.4 Å². The summed E-state index contributed by atoms with van der Waals surface area (Å²) < 4.78 is 0. The summed E-state index contributed by atoms with van der Waals surface area (Å²) in [5, 5.41) is 27.7. The minimum absolute atomic E-state index is 0.0935. The Morgan fingerprint density at radius 1 is 1.30 bits per heavy atom. The average Bonchev–Trinajstić information content (AvgIpc) is 2.89. The van der Waals surface area contributed by atoms with Crippen LogP contribution in [0, 0.1) is 10.4 Å². The zero-order chi connectivity index (χ0) is 14.1. The largest absolute Gasteiger partial charge is 0.612 e. The van der Waals surface area contributed by atoms with Crippen molar-refractivity contribution in [1.82, 2.24) is 4.98 Å². The van der Waals surface area contributed by atoms with Crippen LogP contribution in [0.2, 0.25) is 0 Å². The first-order valence-corrected chi connectivity index (χ1v) is 7.73. The smallest absolute Gasteiger partial charge is 0.232 e. The fraction of sp³-hybridized carbons (Fsp3) is 0.0769. The number of pyridine rings is 1. The molecule has 0 amide bonds. The van der Waals surface area contributed by atoms with Crippen molar-refractivity contribution in [2.45, 2.75) is 10.4 Å². The van der Waals surface area contributed by atoms with Crippen LogP contribution >= 0.6 is 27.7 Å². The number of hydrogen-bond acceptors (Lipinski definition) is 5. The van der Waals surface area contributed by atoms with Crippen molar-refractivity contribution in [3.8, 4) is 0 Å². The Morgan fingerprint density at radius 3 is 2.85 bits per heavy atom. The van der Waals surface area contributed by atoms with E-state index in [0.717, 1.165) is 26.6 Å². The summed E-state index contributed by atoms with van der Waals surface area (Å²) in [5.74, 6) is 0. The first-order valence-electron chi connectivity index (χ1n) is 5.79. The number of fused-ring (bicyclic) bond motifs is 1. The van der Waals surface area contributed by atoms with E-state index in [1.807, 2.05) is 6.07 Å². The molecule has 1 aliphatic carbocycles. The third-order valence-corrected chi connectivity index (χ3v) is 4.55. The molecule has 0 saturated heterocycles. The summed E-state index contributed by atoms with van der Waals surface area (Å²) in [7, 11) is 0. The molecule has 0 atom stereocenters. The summed E-state index contributed by atoms with van der Waals surface area (Å²) in [6.07, 6.45) is 8.49. The second-order valence-electron chi connectivity index (χ2n) is 4.16. The van der Waals surface area contributed by atoms with Crippen LogP contribution in [0.25, 0.3) is 0 Å². The number of alkyl halides is 1. The number of halogens is 1. The predicted octanol–water partition coefficient (Wildman–Crippen LogP) is 3.28. The Hall–Kier alpha value is -1.73. The van der Waals surface area contributed by atoms with Gasteiger partial charge in [0.25, 0.3) is 0 Å². The molecule has 1 aromatic rings. The molecule has 0 saturated carbocycles. The van der Waals surface area contributed by atoms with Gasteiger partial charge in [0, 0.05) is 17.6 Å². The molecule has 0 unspecified atom stereocenters. The molecule has 0 fully saturated rings. The Balaban J connectivity index is 2.02. The summed E-state index contributed by atoms with van der Waals surface area (Å²) in [5.41, 5.74) is 2.62. The van der Waals surface area contributed by atoms with E-state index >= 15 is 0 Å². The van der Waals surface area contributed by atoms with Crippen molar-refractivity contribution in [3.05, 3.63) is 63.1 Å². The van der Waals surface area contributed by atoms with Gasteiger partial charge in [-0.1, -0.05) is 28.1 Å². The number of anilines is 1. The first-order chi connectivity index (χ1) is 9.69. The van der Waals surface area contributed by atoms with E-state index in [4.69, 9.17) is 0 Å². The van der Waals surface area contributed by atoms with Gasteiger partial charge in [0.05, 0.1) is 16.3 Å². The molecule has 0 spiro atoms. The lowest BCUT2D eigenvalue weighted by molar-refractivity contribution is -0.377. The highest BCUT2D eigenvalue weighted by Gasteiger charge is 2.24. The van der Waals surface area contributed by atoms with Gasteiger partial charge in [-0.15, -0.1) is 0 Å². The molecule has 0 bridgehead atoms. The molecular formula is C13H9BrN3O2S-. The first kappa shape index (κ1) is 13.3. The van der Waals surface area contributed by atoms with Crippen LogP contribution < -0.4 is 5.32 Å². The summed E-state index contributed by atoms with van der Waals surface area (Å²) in [4.78, 5) is 3.99. The molecule has 2 heterocycles. The van der Waals surface area contributed by atoms with Gasteiger partial charge in [0.15, 0.2) is 0 Å². The van der Waals surface area contributed by atoms with Gasteiger partial charge in [0.1, 0.15) is 5.03 Å². The average molecular weight is 351 g/mol. The molecule has 0 radical (unpaired) electrons. The van der Waals surface area contributed by atoms with Crippen LogP contribution in [0.15, 0.2) is 52.2 Å². The molecule has 1 aliphatic heterocycles. The van der Waals surface area contributed by atoms with E-state index in [9.17, 15) is 10.4 Å². The lowest BCUT2D eigenvalue weighted by Crippen LogP contribution is -2.14. The number of aromatic nitrogens is 1. The van der Waals surface area contributed by atoms with Crippen molar-refractivity contribution >= 4 is 39.1 Å². The molecule has 1 aromatic heterocycles.